The summed E-state index contributed by atoms with van der Waals surface area (Å²) in [5.74, 6) is 1.18. The van der Waals surface area contributed by atoms with Crippen LogP contribution in [0.5, 0.6) is 0 Å². The Morgan fingerprint density at radius 1 is 1.18 bits per heavy atom. The fourth-order valence-electron chi connectivity index (χ4n) is 1.41. The lowest BCUT2D eigenvalue weighted by Crippen LogP contribution is -2.07. The normalized spacial score (nSPS) is 10.2. The number of hydrogen-bond acceptors (Lipinski definition) is 5. The third-order valence-corrected chi connectivity index (χ3v) is 3.36. The average molecular weight is 341 g/mol. The molecule has 0 radical (unpaired) electrons. The molecule has 2 rings (SSSR count). The van der Waals surface area contributed by atoms with Gasteiger partial charge in [-0.15, -0.1) is 0 Å². The van der Waals surface area contributed by atoms with Crippen LogP contribution >= 0.6 is 22.6 Å². The highest BCUT2D eigenvalue weighted by Gasteiger charge is 2.09. The summed E-state index contributed by atoms with van der Waals surface area (Å²) in [4.78, 5) is 8.03. The van der Waals surface area contributed by atoms with Crippen molar-refractivity contribution in [2.24, 2.45) is 0 Å². The first-order chi connectivity index (χ1) is 8.08. The van der Waals surface area contributed by atoms with E-state index >= 15 is 0 Å². The lowest BCUT2D eigenvalue weighted by atomic mass is 10.2. The first-order valence-electron chi connectivity index (χ1n) is 4.99. The van der Waals surface area contributed by atoms with Gasteiger partial charge in [-0.1, -0.05) is 18.2 Å². The Balaban J connectivity index is 2.40. The van der Waals surface area contributed by atoms with Crippen molar-refractivity contribution >= 4 is 45.9 Å². The summed E-state index contributed by atoms with van der Waals surface area (Å²) in [6.07, 6.45) is 0. The van der Waals surface area contributed by atoms with Gasteiger partial charge in [0.1, 0.15) is 5.82 Å². The number of hydrogen-bond donors (Lipinski definition) is 3. The van der Waals surface area contributed by atoms with Crippen LogP contribution in [0.2, 0.25) is 0 Å². The molecule has 0 aliphatic heterocycles. The summed E-state index contributed by atoms with van der Waals surface area (Å²) < 4.78 is 0.764. The summed E-state index contributed by atoms with van der Waals surface area (Å²) >= 11 is 2.09. The van der Waals surface area contributed by atoms with Gasteiger partial charge in [0.2, 0.25) is 5.95 Å². The van der Waals surface area contributed by atoms with Crippen LogP contribution in [0, 0.1) is 10.5 Å². The molecule has 0 aliphatic rings. The van der Waals surface area contributed by atoms with Gasteiger partial charge in [-0.25, -0.2) is 0 Å². The van der Waals surface area contributed by atoms with E-state index < -0.39 is 0 Å². The maximum absolute atomic E-state index is 5.73. The van der Waals surface area contributed by atoms with Crippen LogP contribution in [0.4, 0.5) is 23.3 Å². The molecule has 0 spiro atoms. The molecule has 1 aromatic carbocycles. The molecule has 5 N–H and O–H groups in total. The molecule has 2 aromatic rings. The zero-order valence-electron chi connectivity index (χ0n) is 9.24. The number of para-hydroxylation sites is 1. The standard InChI is InChI=1S/C11H12IN5/c1-6-4-2-3-5-7(6)15-10-8(12)9(13)16-11(14)17-10/h2-5H,1H3,(H5,13,14,15,16,17). The average Bonchev–Trinajstić information content (AvgIpc) is 2.28. The van der Waals surface area contributed by atoms with Crippen LogP contribution in [-0.4, -0.2) is 9.97 Å². The molecule has 0 saturated heterocycles. The van der Waals surface area contributed by atoms with Gasteiger partial charge >= 0.3 is 0 Å². The van der Waals surface area contributed by atoms with E-state index in [0.29, 0.717) is 11.6 Å². The van der Waals surface area contributed by atoms with Crippen molar-refractivity contribution in [1.82, 2.24) is 9.97 Å². The molecule has 6 heteroatoms. The Morgan fingerprint density at radius 2 is 1.88 bits per heavy atom. The molecule has 0 amide bonds. The molecular weight excluding hydrogens is 329 g/mol. The molecule has 0 atom stereocenters. The summed E-state index contributed by atoms with van der Waals surface area (Å²) in [6, 6.07) is 7.92. The zero-order valence-corrected chi connectivity index (χ0v) is 11.4. The molecule has 1 aromatic heterocycles. The van der Waals surface area contributed by atoms with Gasteiger partial charge in [-0.3, -0.25) is 0 Å². The SMILES string of the molecule is Cc1ccccc1Nc1nc(N)nc(N)c1I. The minimum Gasteiger partial charge on any atom is -0.383 e. The van der Waals surface area contributed by atoms with Crippen molar-refractivity contribution in [2.45, 2.75) is 6.92 Å². The molecule has 17 heavy (non-hydrogen) atoms. The molecule has 5 nitrogen and oxygen atoms in total. The van der Waals surface area contributed by atoms with Gasteiger partial charge in [0, 0.05) is 5.69 Å². The predicted octanol–water partition coefficient (Wildman–Crippen LogP) is 2.30. The van der Waals surface area contributed by atoms with Gasteiger partial charge in [0.15, 0.2) is 5.82 Å². The van der Waals surface area contributed by atoms with Crippen LogP contribution < -0.4 is 16.8 Å². The van der Waals surface area contributed by atoms with E-state index in [1.54, 1.807) is 0 Å². The number of nitrogens with zero attached hydrogens (tertiary/aromatic N) is 2. The highest BCUT2D eigenvalue weighted by molar-refractivity contribution is 14.1. The lowest BCUT2D eigenvalue weighted by molar-refractivity contribution is 1.17. The van der Waals surface area contributed by atoms with Crippen molar-refractivity contribution in [3.63, 3.8) is 0 Å². The maximum atomic E-state index is 5.73. The van der Waals surface area contributed by atoms with E-state index in [-0.39, 0.29) is 5.95 Å². The Kier molecular flexibility index (Phi) is 3.32. The van der Waals surface area contributed by atoms with E-state index in [4.69, 9.17) is 11.5 Å². The quantitative estimate of drug-likeness (QED) is 0.730. The smallest absolute Gasteiger partial charge is 0.224 e. The summed E-state index contributed by atoms with van der Waals surface area (Å²) in [7, 11) is 0. The maximum Gasteiger partial charge on any atom is 0.224 e. The number of rotatable bonds is 2. The zero-order chi connectivity index (χ0) is 12.4. The molecular formula is C11H12IN5. The van der Waals surface area contributed by atoms with Crippen LogP contribution in [0.25, 0.3) is 0 Å². The third kappa shape index (κ3) is 2.57. The van der Waals surface area contributed by atoms with Crippen molar-refractivity contribution in [3.8, 4) is 0 Å². The number of aromatic nitrogens is 2. The number of aryl methyl sites for hydroxylation is 1. The fraction of sp³-hybridized carbons (Fsp3) is 0.0909. The van der Waals surface area contributed by atoms with Crippen LogP contribution in [-0.2, 0) is 0 Å². The predicted molar refractivity (Wildman–Crippen MR) is 78.0 cm³/mol. The minimum atomic E-state index is 0.166. The third-order valence-electron chi connectivity index (χ3n) is 2.29. The number of nitrogens with one attached hydrogen (secondary N) is 1. The van der Waals surface area contributed by atoms with Crippen LogP contribution in [0.3, 0.4) is 0 Å². The van der Waals surface area contributed by atoms with E-state index in [2.05, 4.69) is 37.9 Å². The molecule has 0 aliphatic carbocycles. The topological polar surface area (TPSA) is 89.8 Å². The first kappa shape index (κ1) is 11.9. The van der Waals surface area contributed by atoms with E-state index in [1.165, 1.54) is 0 Å². The van der Waals surface area contributed by atoms with Crippen molar-refractivity contribution in [3.05, 3.63) is 33.4 Å². The van der Waals surface area contributed by atoms with Crippen molar-refractivity contribution in [1.29, 1.82) is 0 Å². The van der Waals surface area contributed by atoms with Gasteiger partial charge in [0.05, 0.1) is 3.57 Å². The molecule has 1 heterocycles. The Bertz CT molecular complexity index is 556. The van der Waals surface area contributed by atoms with Crippen LogP contribution in [0.15, 0.2) is 24.3 Å². The van der Waals surface area contributed by atoms with Crippen molar-refractivity contribution in [2.75, 3.05) is 16.8 Å². The second-order valence-electron chi connectivity index (χ2n) is 3.57. The summed E-state index contributed by atoms with van der Waals surface area (Å²) in [5, 5.41) is 3.20. The number of nitrogen functional groups attached to an aromatic ring is 2. The summed E-state index contributed by atoms with van der Waals surface area (Å²) in [5.41, 5.74) is 13.4. The highest BCUT2D eigenvalue weighted by Crippen LogP contribution is 2.26. The Labute approximate surface area is 113 Å². The fourth-order valence-corrected chi connectivity index (χ4v) is 1.78. The van der Waals surface area contributed by atoms with E-state index in [0.717, 1.165) is 14.8 Å². The molecule has 0 unspecified atom stereocenters. The lowest BCUT2D eigenvalue weighted by Gasteiger charge is -2.11. The van der Waals surface area contributed by atoms with Gasteiger partial charge in [0.25, 0.3) is 0 Å². The number of nitrogens with two attached hydrogens (primary N) is 2. The van der Waals surface area contributed by atoms with Gasteiger partial charge in [-0.05, 0) is 41.1 Å². The molecule has 0 bridgehead atoms. The van der Waals surface area contributed by atoms with Gasteiger partial charge in [-0.2, -0.15) is 9.97 Å². The summed E-state index contributed by atoms with van der Waals surface area (Å²) in [6.45, 7) is 2.02. The molecule has 0 saturated carbocycles. The monoisotopic (exact) mass is 341 g/mol. The highest BCUT2D eigenvalue weighted by atomic mass is 127. The largest absolute Gasteiger partial charge is 0.383 e. The molecule has 88 valence electrons. The number of halogens is 1. The Hall–Kier alpha value is -1.57. The molecule has 0 fully saturated rings. The first-order valence-corrected chi connectivity index (χ1v) is 6.07. The number of anilines is 4. The Morgan fingerprint density at radius 3 is 2.59 bits per heavy atom. The second-order valence-corrected chi connectivity index (χ2v) is 4.65. The van der Waals surface area contributed by atoms with E-state index in [9.17, 15) is 0 Å². The van der Waals surface area contributed by atoms with Gasteiger partial charge < -0.3 is 16.8 Å². The van der Waals surface area contributed by atoms with Crippen molar-refractivity contribution < 1.29 is 0 Å². The van der Waals surface area contributed by atoms with E-state index in [1.807, 2.05) is 31.2 Å². The second kappa shape index (κ2) is 4.74. The minimum absolute atomic E-state index is 0.166. The number of benzene rings is 1. The van der Waals surface area contributed by atoms with Crippen LogP contribution in [0.1, 0.15) is 5.56 Å².